The van der Waals surface area contributed by atoms with Gasteiger partial charge in [-0.15, -0.1) is 0 Å². The highest BCUT2D eigenvalue weighted by Gasteiger charge is 2.38. The van der Waals surface area contributed by atoms with Crippen molar-refractivity contribution in [1.29, 1.82) is 0 Å². The van der Waals surface area contributed by atoms with Gasteiger partial charge >= 0.3 is 6.03 Å². The van der Waals surface area contributed by atoms with Crippen LogP contribution in [0, 0.1) is 0 Å². The van der Waals surface area contributed by atoms with E-state index in [1.165, 1.54) is 6.08 Å². The first-order chi connectivity index (χ1) is 17.6. The average molecular weight is 486 g/mol. The first kappa shape index (κ1) is 23.3. The van der Waals surface area contributed by atoms with Gasteiger partial charge in [-0.2, -0.15) is 4.98 Å². The highest BCUT2D eigenvalue weighted by atomic mass is 16.5. The van der Waals surface area contributed by atoms with E-state index < -0.39 is 0 Å². The van der Waals surface area contributed by atoms with Crippen LogP contribution in [0.15, 0.2) is 61.4 Å². The molecule has 0 spiro atoms. The average Bonchev–Trinajstić information content (AvgIpc) is 3.44. The summed E-state index contributed by atoms with van der Waals surface area (Å²) in [7, 11) is 1.56. The highest BCUT2D eigenvalue weighted by molar-refractivity contribution is 6.03. The van der Waals surface area contributed by atoms with Gasteiger partial charge in [-0.05, 0) is 43.2 Å². The molecule has 1 aliphatic heterocycles. The molecule has 1 fully saturated rings. The van der Waals surface area contributed by atoms with Gasteiger partial charge in [0.05, 0.1) is 31.2 Å². The molecule has 0 saturated heterocycles. The summed E-state index contributed by atoms with van der Waals surface area (Å²) in [6, 6.07) is 10.7. The molecule has 1 saturated carbocycles. The van der Waals surface area contributed by atoms with Gasteiger partial charge in [-0.3, -0.25) is 4.79 Å². The van der Waals surface area contributed by atoms with E-state index in [1.807, 2.05) is 17.0 Å². The number of aromatic nitrogens is 3. The highest BCUT2D eigenvalue weighted by Crippen LogP contribution is 2.38. The van der Waals surface area contributed by atoms with Crippen molar-refractivity contribution in [2.24, 2.45) is 0 Å². The summed E-state index contributed by atoms with van der Waals surface area (Å²) >= 11 is 0. The number of amides is 3. The van der Waals surface area contributed by atoms with Gasteiger partial charge in [0, 0.05) is 29.6 Å². The second-order valence-electron chi connectivity index (χ2n) is 8.68. The minimum atomic E-state index is -0.327. The number of nitrogens with zero attached hydrogens (tertiary/aromatic N) is 5. The van der Waals surface area contributed by atoms with E-state index >= 15 is 0 Å². The summed E-state index contributed by atoms with van der Waals surface area (Å²) in [4.78, 5) is 42.6. The van der Waals surface area contributed by atoms with Gasteiger partial charge in [0.25, 0.3) is 0 Å². The number of fused-ring (bicyclic) bond motifs is 1. The van der Waals surface area contributed by atoms with Crippen molar-refractivity contribution in [2.75, 3.05) is 22.6 Å². The van der Waals surface area contributed by atoms with Crippen LogP contribution in [-0.2, 0) is 11.3 Å². The van der Waals surface area contributed by atoms with E-state index in [2.05, 4.69) is 27.2 Å². The summed E-state index contributed by atoms with van der Waals surface area (Å²) in [5.74, 6) is 1.01. The number of benzene rings is 1. The van der Waals surface area contributed by atoms with E-state index in [0.29, 0.717) is 41.3 Å². The summed E-state index contributed by atoms with van der Waals surface area (Å²) in [5, 5.41) is 5.90. The van der Waals surface area contributed by atoms with Gasteiger partial charge in [-0.1, -0.05) is 25.5 Å². The summed E-state index contributed by atoms with van der Waals surface area (Å²) in [6.45, 7) is 3.95. The Morgan fingerprint density at radius 3 is 2.69 bits per heavy atom. The number of rotatable bonds is 7. The first-order valence-corrected chi connectivity index (χ1v) is 11.8. The standard InChI is InChI=1S/C26H27N7O3/c1-3-22(34)29-18-7-6-10-21(13-18)33-24-17(16-32(26(33)35)20-8-4-5-9-20)14-28-25(31-24)30-19-11-12-23(36-2)27-15-19/h3,6-7,10-15,20H,1,4-5,8-9,16H2,2H3,(H,29,34)(H,28,30,31). The smallest absolute Gasteiger partial charge is 0.330 e. The molecule has 3 aromatic rings. The minimum absolute atomic E-state index is 0.141. The zero-order chi connectivity index (χ0) is 25.1. The molecule has 2 aromatic heterocycles. The Morgan fingerprint density at radius 1 is 1.14 bits per heavy atom. The number of hydrogen-bond donors (Lipinski definition) is 2. The van der Waals surface area contributed by atoms with Crippen LogP contribution in [0.4, 0.5) is 33.6 Å². The Morgan fingerprint density at radius 2 is 1.97 bits per heavy atom. The van der Waals surface area contributed by atoms with E-state index in [1.54, 1.807) is 48.7 Å². The van der Waals surface area contributed by atoms with Gasteiger partial charge in [0.15, 0.2) is 5.82 Å². The number of carbonyl (C=O) groups is 2. The number of pyridine rings is 1. The maximum absolute atomic E-state index is 13.8. The summed E-state index contributed by atoms with van der Waals surface area (Å²) in [5.41, 5.74) is 2.69. The number of nitrogens with one attached hydrogen (secondary N) is 2. The zero-order valence-electron chi connectivity index (χ0n) is 20.0. The monoisotopic (exact) mass is 485 g/mol. The minimum Gasteiger partial charge on any atom is -0.481 e. The van der Waals surface area contributed by atoms with Gasteiger partial charge in [-0.25, -0.2) is 19.7 Å². The number of carbonyl (C=O) groups excluding carboxylic acids is 2. The summed E-state index contributed by atoms with van der Waals surface area (Å²) in [6.07, 6.45) is 8.77. The Labute approximate surface area is 209 Å². The van der Waals surface area contributed by atoms with Crippen molar-refractivity contribution in [3.63, 3.8) is 0 Å². The van der Waals surface area contributed by atoms with Crippen molar-refractivity contribution in [3.8, 4) is 5.88 Å². The maximum Gasteiger partial charge on any atom is 0.330 e. The molecule has 0 bridgehead atoms. The molecule has 1 aliphatic carbocycles. The maximum atomic E-state index is 13.8. The van der Waals surface area contributed by atoms with Crippen LogP contribution in [0.2, 0.25) is 0 Å². The van der Waals surface area contributed by atoms with Crippen LogP contribution in [0.3, 0.4) is 0 Å². The van der Waals surface area contributed by atoms with Crippen LogP contribution in [0.5, 0.6) is 5.88 Å². The SMILES string of the molecule is C=CC(=O)Nc1cccc(N2C(=O)N(C3CCCC3)Cc3cnc(Nc4ccc(OC)nc4)nc32)c1. The van der Waals surface area contributed by atoms with E-state index in [9.17, 15) is 9.59 Å². The first-order valence-electron chi connectivity index (χ1n) is 11.8. The molecule has 10 nitrogen and oxygen atoms in total. The number of anilines is 5. The third-order valence-electron chi connectivity index (χ3n) is 6.36. The molecule has 1 aromatic carbocycles. The fourth-order valence-corrected chi connectivity index (χ4v) is 4.59. The quantitative estimate of drug-likeness (QED) is 0.464. The van der Waals surface area contributed by atoms with Gasteiger partial charge in [0.1, 0.15) is 0 Å². The third kappa shape index (κ3) is 4.70. The zero-order valence-corrected chi connectivity index (χ0v) is 20.0. The predicted molar refractivity (Wildman–Crippen MR) is 137 cm³/mol. The van der Waals surface area contributed by atoms with Crippen molar-refractivity contribution in [2.45, 2.75) is 38.3 Å². The Bertz CT molecular complexity index is 1290. The lowest BCUT2D eigenvalue weighted by atomic mass is 10.1. The number of urea groups is 1. The summed E-state index contributed by atoms with van der Waals surface area (Å²) < 4.78 is 5.11. The lowest BCUT2D eigenvalue weighted by Gasteiger charge is -2.39. The largest absolute Gasteiger partial charge is 0.481 e. The molecule has 3 amide bonds. The van der Waals surface area contributed by atoms with Crippen LogP contribution >= 0.6 is 0 Å². The number of hydrogen-bond acceptors (Lipinski definition) is 7. The molecule has 184 valence electrons. The van der Waals surface area contributed by atoms with E-state index in [0.717, 1.165) is 31.2 Å². The van der Waals surface area contributed by atoms with Crippen molar-refractivity contribution in [3.05, 3.63) is 67.0 Å². The molecule has 36 heavy (non-hydrogen) atoms. The normalized spacial score (nSPS) is 15.4. The molecular formula is C26H27N7O3. The molecule has 2 N–H and O–H groups in total. The molecule has 0 atom stereocenters. The third-order valence-corrected chi connectivity index (χ3v) is 6.36. The number of ether oxygens (including phenoxy) is 1. The van der Waals surface area contributed by atoms with E-state index in [4.69, 9.17) is 9.72 Å². The molecular weight excluding hydrogens is 458 g/mol. The Kier molecular flexibility index (Phi) is 6.48. The second kappa shape index (κ2) is 10.0. The van der Waals surface area contributed by atoms with Gasteiger partial charge < -0.3 is 20.3 Å². The Balaban J connectivity index is 1.52. The van der Waals surface area contributed by atoms with Crippen LogP contribution in [0.1, 0.15) is 31.2 Å². The predicted octanol–water partition coefficient (Wildman–Crippen LogP) is 4.76. The van der Waals surface area contributed by atoms with Gasteiger partial charge in [0.2, 0.25) is 17.7 Å². The second-order valence-corrected chi connectivity index (χ2v) is 8.68. The fraction of sp³-hybridized carbons (Fsp3) is 0.269. The molecule has 3 heterocycles. The fourth-order valence-electron chi connectivity index (χ4n) is 4.59. The van der Waals surface area contributed by atoms with Crippen LogP contribution in [0.25, 0.3) is 0 Å². The van der Waals surface area contributed by atoms with Crippen LogP contribution in [-0.4, -0.2) is 44.9 Å². The lowest BCUT2D eigenvalue weighted by Crippen LogP contribution is -2.49. The lowest BCUT2D eigenvalue weighted by molar-refractivity contribution is -0.111. The van der Waals surface area contributed by atoms with Crippen LogP contribution < -0.4 is 20.3 Å². The molecule has 5 rings (SSSR count). The Hall–Kier alpha value is -4.47. The van der Waals surface area contributed by atoms with Crippen molar-refractivity contribution >= 4 is 40.8 Å². The van der Waals surface area contributed by atoms with Crippen molar-refractivity contribution in [1.82, 2.24) is 19.9 Å². The van der Waals surface area contributed by atoms with Crippen molar-refractivity contribution < 1.29 is 14.3 Å². The molecule has 0 unspecified atom stereocenters. The molecule has 10 heteroatoms. The molecule has 0 radical (unpaired) electrons. The molecule has 2 aliphatic rings. The topological polar surface area (TPSA) is 113 Å². The van der Waals surface area contributed by atoms with E-state index in [-0.39, 0.29) is 18.0 Å². The number of methoxy groups -OCH3 is 1.